The fourth-order valence-electron chi connectivity index (χ4n) is 1.71. The molecule has 0 atom stereocenters. The van der Waals surface area contributed by atoms with E-state index >= 15 is 0 Å². The number of aromatic nitrogens is 2. The minimum absolute atomic E-state index is 0.107. The van der Waals surface area contributed by atoms with Crippen molar-refractivity contribution < 1.29 is 9.63 Å². The molecule has 0 bridgehead atoms. The number of carbonyl (C=O) groups is 1. The number of rotatable bonds is 6. The molecule has 22 heavy (non-hydrogen) atoms. The summed E-state index contributed by atoms with van der Waals surface area (Å²) in [5.74, 6) is -0.107. The highest BCUT2D eigenvalue weighted by molar-refractivity contribution is 5.78. The Hall–Kier alpha value is -3.03. The molecule has 1 heterocycles. The fourth-order valence-corrected chi connectivity index (χ4v) is 1.71. The number of hydrogen-bond donors (Lipinski definition) is 3. The Balaban J connectivity index is 2.06. The van der Waals surface area contributed by atoms with Crippen LogP contribution in [0.15, 0.2) is 35.6 Å². The molecular weight excluding hydrogens is 284 g/mol. The highest BCUT2D eigenvalue weighted by Gasteiger charge is 2.09. The first kappa shape index (κ1) is 15.4. The minimum atomic E-state index is -0.107. The molecule has 8 nitrogen and oxygen atoms in total. The van der Waals surface area contributed by atoms with E-state index in [4.69, 9.17) is 10.4 Å². The SMILES string of the molecule is CNC(=O)Cc1cnc(ONc2ccccc2N=N)nc1C. The van der Waals surface area contributed by atoms with E-state index in [1.165, 1.54) is 0 Å². The predicted octanol–water partition coefficient (Wildman–Crippen LogP) is 2.14. The summed E-state index contributed by atoms with van der Waals surface area (Å²) < 4.78 is 0. The van der Waals surface area contributed by atoms with E-state index in [1.807, 2.05) is 0 Å². The molecular formula is C14H16N6O2. The Labute approximate surface area is 127 Å². The number of nitrogens with zero attached hydrogens (tertiary/aromatic N) is 3. The van der Waals surface area contributed by atoms with Crippen LogP contribution in [0.2, 0.25) is 0 Å². The van der Waals surface area contributed by atoms with Gasteiger partial charge in [0.25, 0.3) is 0 Å². The van der Waals surface area contributed by atoms with Crippen LogP contribution in [-0.4, -0.2) is 22.9 Å². The summed E-state index contributed by atoms with van der Waals surface area (Å²) >= 11 is 0. The lowest BCUT2D eigenvalue weighted by Gasteiger charge is -2.09. The molecule has 0 saturated carbocycles. The topological polar surface area (TPSA) is 112 Å². The van der Waals surface area contributed by atoms with Gasteiger partial charge in [0.15, 0.2) is 0 Å². The van der Waals surface area contributed by atoms with Crippen LogP contribution in [-0.2, 0) is 11.2 Å². The standard InChI is InChI=1S/C14H16N6O2/c1-9-10(7-13(21)16-2)8-17-14(18-9)22-20-12-6-4-3-5-11(12)19-15/h3-6,8,15,20H,7H2,1-2H3,(H,16,21). The monoisotopic (exact) mass is 300 g/mol. The number of nitrogens with one attached hydrogen (secondary N) is 3. The van der Waals surface area contributed by atoms with E-state index in [-0.39, 0.29) is 18.3 Å². The maximum atomic E-state index is 11.4. The van der Waals surface area contributed by atoms with Gasteiger partial charge < -0.3 is 10.2 Å². The number of aryl methyl sites for hydroxylation is 1. The number of para-hydroxylation sites is 2. The molecule has 0 unspecified atom stereocenters. The summed E-state index contributed by atoms with van der Waals surface area (Å²) in [5.41, 5.74) is 12.1. The molecule has 3 N–H and O–H groups in total. The van der Waals surface area contributed by atoms with Gasteiger partial charge in [-0.2, -0.15) is 10.1 Å². The van der Waals surface area contributed by atoms with Crippen LogP contribution in [0.25, 0.3) is 0 Å². The van der Waals surface area contributed by atoms with Crippen LogP contribution in [0.1, 0.15) is 11.3 Å². The van der Waals surface area contributed by atoms with Crippen LogP contribution in [0.4, 0.5) is 11.4 Å². The predicted molar refractivity (Wildman–Crippen MR) is 80.0 cm³/mol. The summed E-state index contributed by atoms with van der Waals surface area (Å²) in [5, 5.41) is 5.93. The third-order valence-corrected chi connectivity index (χ3v) is 2.97. The Kier molecular flexibility index (Phi) is 4.97. The first-order chi connectivity index (χ1) is 10.6. The van der Waals surface area contributed by atoms with Gasteiger partial charge in [-0.05, 0) is 19.1 Å². The van der Waals surface area contributed by atoms with Gasteiger partial charge >= 0.3 is 6.01 Å². The van der Waals surface area contributed by atoms with Crippen molar-refractivity contribution in [3.63, 3.8) is 0 Å². The van der Waals surface area contributed by atoms with E-state index in [0.717, 1.165) is 5.56 Å². The van der Waals surface area contributed by atoms with Gasteiger partial charge in [0.1, 0.15) is 5.69 Å². The number of carbonyl (C=O) groups excluding carboxylic acids is 1. The fraction of sp³-hybridized carbons (Fsp3) is 0.214. The molecule has 0 fully saturated rings. The van der Waals surface area contributed by atoms with Gasteiger partial charge in [-0.1, -0.05) is 12.1 Å². The molecule has 0 aliphatic rings. The Bertz CT molecular complexity index is 689. The number of amides is 1. The number of likely N-dealkylation sites (N-methyl/N-ethyl adjacent to an activating group) is 1. The Morgan fingerprint density at radius 3 is 2.86 bits per heavy atom. The zero-order chi connectivity index (χ0) is 15.9. The maximum Gasteiger partial charge on any atom is 0.342 e. The van der Waals surface area contributed by atoms with E-state index in [9.17, 15) is 4.79 Å². The number of benzene rings is 1. The van der Waals surface area contributed by atoms with Crippen LogP contribution in [0, 0.1) is 12.5 Å². The van der Waals surface area contributed by atoms with Crippen LogP contribution < -0.4 is 15.6 Å². The molecule has 0 aliphatic heterocycles. The Morgan fingerprint density at radius 1 is 1.41 bits per heavy atom. The zero-order valence-electron chi connectivity index (χ0n) is 12.3. The van der Waals surface area contributed by atoms with Crippen molar-refractivity contribution >= 4 is 17.3 Å². The molecule has 2 aromatic rings. The van der Waals surface area contributed by atoms with Gasteiger partial charge in [-0.3, -0.25) is 4.79 Å². The summed E-state index contributed by atoms with van der Waals surface area (Å²) in [6.07, 6.45) is 1.77. The van der Waals surface area contributed by atoms with Crippen molar-refractivity contribution in [2.45, 2.75) is 13.3 Å². The minimum Gasteiger partial charge on any atom is -0.359 e. The lowest BCUT2D eigenvalue weighted by Crippen LogP contribution is -2.21. The second-order valence-corrected chi connectivity index (χ2v) is 4.45. The van der Waals surface area contributed by atoms with Gasteiger partial charge in [-0.25, -0.2) is 16.0 Å². The smallest absolute Gasteiger partial charge is 0.342 e. The average molecular weight is 300 g/mol. The van der Waals surface area contributed by atoms with Crippen LogP contribution >= 0.6 is 0 Å². The van der Waals surface area contributed by atoms with Crippen molar-refractivity contribution in [2.75, 3.05) is 12.5 Å². The quantitative estimate of drug-likeness (QED) is 0.559. The molecule has 2 rings (SSSR count). The molecule has 1 aromatic carbocycles. The summed E-state index contributed by atoms with van der Waals surface area (Å²) in [7, 11) is 1.58. The molecule has 1 amide bonds. The number of hydrogen-bond acceptors (Lipinski definition) is 7. The highest BCUT2D eigenvalue weighted by Crippen LogP contribution is 2.23. The molecule has 8 heteroatoms. The second kappa shape index (κ2) is 7.11. The van der Waals surface area contributed by atoms with Crippen molar-refractivity contribution in [2.24, 2.45) is 5.11 Å². The van der Waals surface area contributed by atoms with E-state index in [0.29, 0.717) is 17.1 Å². The van der Waals surface area contributed by atoms with Crippen molar-refractivity contribution in [3.8, 4) is 6.01 Å². The van der Waals surface area contributed by atoms with E-state index in [2.05, 4.69) is 25.9 Å². The molecule has 1 aromatic heterocycles. The van der Waals surface area contributed by atoms with Crippen molar-refractivity contribution in [1.82, 2.24) is 15.3 Å². The average Bonchev–Trinajstić information content (AvgIpc) is 2.55. The van der Waals surface area contributed by atoms with Crippen molar-refractivity contribution in [1.29, 1.82) is 5.53 Å². The zero-order valence-corrected chi connectivity index (χ0v) is 12.3. The summed E-state index contributed by atoms with van der Waals surface area (Å²) in [6.45, 7) is 1.78. The highest BCUT2D eigenvalue weighted by atomic mass is 16.7. The molecule has 0 radical (unpaired) electrons. The first-order valence-electron chi connectivity index (χ1n) is 6.56. The lowest BCUT2D eigenvalue weighted by atomic mass is 10.2. The summed E-state index contributed by atoms with van der Waals surface area (Å²) in [4.78, 5) is 24.9. The molecule has 0 saturated heterocycles. The number of anilines is 1. The molecule has 0 aliphatic carbocycles. The molecule has 114 valence electrons. The van der Waals surface area contributed by atoms with Crippen LogP contribution in [0.3, 0.4) is 0 Å². The molecule has 0 spiro atoms. The van der Waals surface area contributed by atoms with Crippen molar-refractivity contribution in [3.05, 3.63) is 41.7 Å². The summed E-state index contributed by atoms with van der Waals surface area (Å²) in [6, 6.07) is 7.08. The van der Waals surface area contributed by atoms with Crippen LogP contribution in [0.5, 0.6) is 6.01 Å². The van der Waals surface area contributed by atoms with E-state index < -0.39 is 0 Å². The van der Waals surface area contributed by atoms with Gasteiger partial charge in [0.05, 0.1) is 12.1 Å². The lowest BCUT2D eigenvalue weighted by molar-refractivity contribution is -0.119. The van der Waals surface area contributed by atoms with Gasteiger partial charge in [0, 0.05) is 24.5 Å². The third kappa shape index (κ3) is 3.75. The second-order valence-electron chi connectivity index (χ2n) is 4.45. The normalized spacial score (nSPS) is 9.91. The first-order valence-corrected chi connectivity index (χ1v) is 6.56. The van der Waals surface area contributed by atoms with Gasteiger partial charge in [0.2, 0.25) is 5.91 Å². The largest absolute Gasteiger partial charge is 0.359 e. The Morgan fingerprint density at radius 2 is 2.18 bits per heavy atom. The maximum absolute atomic E-state index is 11.4. The van der Waals surface area contributed by atoms with E-state index in [1.54, 1.807) is 44.4 Å². The van der Waals surface area contributed by atoms with Gasteiger partial charge in [-0.15, -0.1) is 0 Å². The third-order valence-electron chi connectivity index (χ3n) is 2.97.